The third-order valence-electron chi connectivity index (χ3n) is 6.94. The van der Waals surface area contributed by atoms with E-state index in [0.717, 1.165) is 0 Å². The Balaban J connectivity index is 1.45. The van der Waals surface area contributed by atoms with Gasteiger partial charge in [0.1, 0.15) is 12.0 Å². The molecule has 2 aliphatic rings. The fourth-order valence-electron chi connectivity index (χ4n) is 4.59. The normalized spacial score (nSPS) is 17.0. The molecule has 14 nitrogen and oxygen atoms in total. The molecule has 0 spiro atoms. The molecule has 14 heteroatoms. The Morgan fingerprint density at radius 1 is 0.951 bits per heavy atom. The Morgan fingerprint density at radius 3 is 2.17 bits per heavy atom. The molecule has 220 valence electrons. The maximum atomic E-state index is 13.0. The predicted octanol–water partition coefficient (Wildman–Crippen LogP) is 0.750. The van der Waals surface area contributed by atoms with Crippen LogP contribution < -0.4 is 16.0 Å². The summed E-state index contributed by atoms with van der Waals surface area (Å²) in [5.74, 6) is -5.21. The van der Waals surface area contributed by atoms with E-state index < -0.39 is 59.4 Å². The van der Waals surface area contributed by atoms with E-state index in [9.17, 15) is 38.4 Å². The van der Waals surface area contributed by atoms with Gasteiger partial charge in [0.2, 0.25) is 17.7 Å². The van der Waals surface area contributed by atoms with E-state index in [2.05, 4.69) is 20.8 Å². The van der Waals surface area contributed by atoms with E-state index >= 15 is 0 Å². The molecule has 3 N–H and O–H groups in total. The van der Waals surface area contributed by atoms with Gasteiger partial charge >= 0.3 is 18.0 Å². The molecule has 1 atom stereocenters. The average molecular weight is 573 g/mol. The molecule has 0 aromatic heterocycles. The van der Waals surface area contributed by atoms with E-state index in [1.807, 2.05) is 0 Å². The van der Waals surface area contributed by atoms with Crippen LogP contribution in [0.25, 0.3) is 0 Å². The van der Waals surface area contributed by atoms with Gasteiger partial charge in [0, 0.05) is 12.8 Å². The molecule has 41 heavy (non-hydrogen) atoms. The summed E-state index contributed by atoms with van der Waals surface area (Å²) in [6.07, 6.45) is 0.111. The van der Waals surface area contributed by atoms with Gasteiger partial charge in [-0.3, -0.25) is 39.4 Å². The van der Waals surface area contributed by atoms with Gasteiger partial charge in [-0.2, -0.15) is 0 Å². The predicted molar refractivity (Wildman–Crippen MR) is 138 cm³/mol. The van der Waals surface area contributed by atoms with E-state index in [0.29, 0.717) is 23.5 Å². The van der Waals surface area contributed by atoms with Crippen LogP contribution >= 0.6 is 0 Å². The largest absolute Gasteiger partial charge is 0.464 e. The highest BCUT2D eigenvalue weighted by Gasteiger charge is 2.48. The molecule has 0 saturated carbocycles. The summed E-state index contributed by atoms with van der Waals surface area (Å²) < 4.78 is 5.04. The monoisotopic (exact) mass is 572 g/mol. The van der Waals surface area contributed by atoms with E-state index in [-0.39, 0.29) is 51.2 Å². The number of carbonyl (C=O) groups excluding carboxylic acids is 8. The maximum Gasteiger partial charge on any atom is 0.333 e. The minimum atomic E-state index is -1.41. The smallest absolute Gasteiger partial charge is 0.333 e. The number of amides is 7. The third-order valence-corrected chi connectivity index (χ3v) is 6.94. The number of imide groups is 3. The lowest BCUT2D eigenvalue weighted by atomic mass is 9.76. The first-order valence-corrected chi connectivity index (χ1v) is 13.3. The maximum absolute atomic E-state index is 13.0. The molecular formula is C27H32N4O10. The average Bonchev–Trinajstić information content (AvgIpc) is 3.26. The molecular weight excluding hydrogens is 540 g/mol. The zero-order chi connectivity index (χ0) is 30.0. The number of hydrogen-bond acceptors (Lipinski definition) is 10. The molecule has 1 aromatic carbocycles. The molecule has 3 rings (SSSR count). The number of hydroxylamine groups is 2. The van der Waals surface area contributed by atoms with Crippen molar-refractivity contribution in [3.63, 3.8) is 0 Å². The Hall–Kier alpha value is -4.62. The van der Waals surface area contributed by atoms with Crippen LogP contribution in [0.4, 0.5) is 4.79 Å². The summed E-state index contributed by atoms with van der Waals surface area (Å²) in [6.45, 7) is 1.49. The van der Waals surface area contributed by atoms with Crippen molar-refractivity contribution < 1.29 is 47.9 Å². The summed E-state index contributed by atoms with van der Waals surface area (Å²) in [5, 5.41) is 7.37. The lowest BCUT2D eigenvalue weighted by molar-refractivity contribution is -0.197. The Labute approximate surface area is 235 Å². The number of carbonyl (C=O) groups is 8. The molecule has 2 aliphatic heterocycles. The molecule has 0 aliphatic carbocycles. The fraction of sp³-hybridized carbons (Fsp3) is 0.481. The van der Waals surface area contributed by atoms with Crippen LogP contribution in [0.5, 0.6) is 0 Å². The topological polar surface area (TPSA) is 194 Å². The zero-order valence-corrected chi connectivity index (χ0v) is 22.6. The zero-order valence-electron chi connectivity index (χ0n) is 22.6. The van der Waals surface area contributed by atoms with Crippen LogP contribution in [-0.4, -0.2) is 65.7 Å². The highest BCUT2D eigenvalue weighted by Crippen LogP contribution is 2.33. The van der Waals surface area contributed by atoms with Crippen LogP contribution in [0.1, 0.15) is 69.8 Å². The van der Waals surface area contributed by atoms with Crippen LogP contribution in [0.3, 0.4) is 0 Å². The van der Waals surface area contributed by atoms with Crippen molar-refractivity contribution in [1.29, 1.82) is 0 Å². The van der Waals surface area contributed by atoms with Gasteiger partial charge in [0.25, 0.3) is 11.8 Å². The highest BCUT2D eigenvalue weighted by molar-refractivity contribution is 6.19. The van der Waals surface area contributed by atoms with Crippen molar-refractivity contribution >= 4 is 47.5 Å². The van der Waals surface area contributed by atoms with Crippen molar-refractivity contribution in [2.24, 2.45) is 5.41 Å². The first-order chi connectivity index (χ1) is 19.6. The third kappa shape index (κ3) is 7.96. The van der Waals surface area contributed by atoms with E-state index in [4.69, 9.17) is 4.74 Å². The number of urea groups is 1. The minimum absolute atomic E-state index is 0.0129. The quantitative estimate of drug-likeness (QED) is 0.124. The number of barbiturate groups is 1. The molecule has 2 saturated heterocycles. The van der Waals surface area contributed by atoms with Gasteiger partial charge in [0.15, 0.2) is 0 Å². The van der Waals surface area contributed by atoms with Gasteiger partial charge in [-0.15, -0.1) is 5.06 Å². The Morgan fingerprint density at radius 2 is 1.56 bits per heavy atom. The summed E-state index contributed by atoms with van der Waals surface area (Å²) >= 11 is 0. The van der Waals surface area contributed by atoms with Gasteiger partial charge in [-0.25, -0.2) is 9.59 Å². The van der Waals surface area contributed by atoms with Crippen molar-refractivity contribution in [2.45, 2.75) is 64.2 Å². The molecule has 0 radical (unpaired) electrons. The molecule has 2 fully saturated rings. The van der Waals surface area contributed by atoms with Gasteiger partial charge in [-0.05, 0) is 24.8 Å². The lowest BCUT2D eigenvalue weighted by Crippen LogP contribution is -2.62. The van der Waals surface area contributed by atoms with Crippen LogP contribution in [0.15, 0.2) is 30.3 Å². The summed E-state index contributed by atoms with van der Waals surface area (Å²) in [5.41, 5.74) is -0.694. The highest BCUT2D eigenvalue weighted by atomic mass is 16.7. The van der Waals surface area contributed by atoms with Crippen molar-refractivity contribution in [3.8, 4) is 0 Å². The van der Waals surface area contributed by atoms with Crippen LogP contribution in [0.2, 0.25) is 0 Å². The van der Waals surface area contributed by atoms with E-state index in [1.54, 1.807) is 37.3 Å². The lowest BCUT2D eigenvalue weighted by Gasteiger charge is -2.33. The van der Waals surface area contributed by atoms with Crippen molar-refractivity contribution in [3.05, 3.63) is 35.9 Å². The number of rotatable bonds is 14. The summed E-state index contributed by atoms with van der Waals surface area (Å²) in [6, 6.07) is 8.05. The van der Waals surface area contributed by atoms with Crippen molar-refractivity contribution in [2.75, 3.05) is 13.2 Å². The minimum Gasteiger partial charge on any atom is -0.464 e. The summed E-state index contributed by atoms with van der Waals surface area (Å²) in [4.78, 5) is 101. The van der Waals surface area contributed by atoms with E-state index in [1.165, 1.54) is 0 Å². The Kier molecular flexibility index (Phi) is 10.7. The molecule has 2 heterocycles. The molecule has 1 unspecified atom stereocenters. The summed E-state index contributed by atoms with van der Waals surface area (Å²) in [7, 11) is 0. The molecule has 1 aromatic rings. The van der Waals surface area contributed by atoms with Crippen molar-refractivity contribution in [1.82, 2.24) is 21.0 Å². The van der Waals surface area contributed by atoms with Crippen LogP contribution in [0, 0.1) is 5.41 Å². The second kappa shape index (κ2) is 14.1. The van der Waals surface area contributed by atoms with Crippen LogP contribution in [-0.2, 0) is 43.1 Å². The van der Waals surface area contributed by atoms with Gasteiger partial charge in [-0.1, -0.05) is 43.7 Å². The first kappa shape index (κ1) is 30.9. The molecule has 0 bridgehead atoms. The second-order valence-electron chi connectivity index (χ2n) is 9.59. The molecule has 7 amide bonds. The number of nitrogens with zero attached hydrogens (tertiary/aromatic N) is 1. The number of esters is 1. The SMILES string of the molecule is CCC1(CCCC(C(=O)NCCOC(=O)CCC(=O)ON2C(=O)CCC2=O)c2ccccc2)C(=O)NC(=O)NC1=O. The second-order valence-corrected chi connectivity index (χ2v) is 9.59. The standard InChI is InChI=1S/C27H32N4O10/c1-2-27(24(37)29-26(39)30-25(27)38)14-6-9-18(17-7-4-3-5-8-17)23(36)28-15-16-40-21(34)12-13-22(35)41-31-19(32)10-11-20(31)33/h3-5,7-8,18H,2,6,9-16H2,1H3,(H,28,36)(H2,29,30,37,38,39). The first-order valence-electron chi connectivity index (χ1n) is 13.3. The Bertz CT molecular complexity index is 1180. The number of benzene rings is 1. The number of ether oxygens (including phenoxy) is 1. The fourth-order valence-corrected chi connectivity index (χ4v) is 4.59. The van der Waals surface area contributed by atoms with Gasteiger partial charge < -0.3 is 14.9 Å². The number of nitrogens with one attached hydrogen (secondary N) is 3. The van der Waals surface area contributed by atoms with Gasteiger partial charge in [0.05, 0.1) is 25.3 Å². The number of hydrogen-bond donors (Lipinski definition) is 3.